The van der Waals surface area contributed by atoms with Crippen molar-refractivity contribution < 1.29 is 0 Å². The zero-order chi connectivity index (χ0) is 16.3. The standard InChI is InChI=1S/C20H24N2/c1-14(2)10-11-20-16(5)22(17(6)21-20)13-18-8-7-9-19(12-18)15(3)4/h7-12,21H,3,5-6,13H2,1-2,4H3/b20-11+. The van der Waals surface area contributed by atoms with E-state index in [0.717, 1.165) is 29.3 Å². The van der Waals surface area contributed by atoms with Gasteiger partial charge in [-0.15, -0.1) is 0 Å². The first kappa shape index (κ1) is 15.9. The molecule has 22 heavy (non-hydrogen) atoms. The molecule has 1 aromatic rings. The number of benzene rings is 1. The van der Waals surface area contributed by atoms with Crippen LogP contribution in [0.15, 0.2) is 78.9 Å². The van der Waals surface area contributed by atoms with Gasteiger partial charge in [0.2, 0.25) is 0 Å². The van der Waals surface area contributed by atoms with E-state index in [0.29, 0.717) is 0 Å². The average Bonchev–Trinajstić information content (AvgIpc) is 2.73. The first-order chi connectivity index (χ1) is 10.4. The number of nitrogens with one attached hydrogen (secondary N) is 1. The summed E-state index contributed by atoms with van der Waals surface area (Å²) in [6, 6.07) is 8.43. The third kappa shape index (κ3) is 3.59. The van der Waals surface area contributed by atoms with Crippen LogP contribution in [0.1, 0.15) is 31.9 Å². The molecule has 1 saturated heterocycles. The Kier molecular flexibility index (Phi) is 4.71. The van der Waals surface area contributed by atoms with E-state index in [-0.39, 0.29) is 0 Å². The molecule has 0 atom stereocenters. The Balaban J connectivity index is 2.20. The van der Waals surface area contributed by atoms with Crippen LogP contribution in [0, 0.1) is 0 Å². The highest BCUT2D eigenvalue weighted by atomic mass is 15.3. The fourth-order valence-electron chi connectivity index (χ4n) is 2.30. The van der Waals surface area contributed by atoms with Gasteiger partial charge in [-0.25, -0.2) is 0 Å². The molecule has 1 fully saturated rings. The molecule has 0 aliphatic carbocycles. The molecule has 0 saturated carbocycles. The summed E-state index contributed by atoms with van der Waals surface area (Å²) in [4.78, 5) is 2.10. The lowest BCUT2D eigenvalue weighted by Crippen LogP contribution is -2.17. The SMILES string of the molecule is C=C(C)c1cccc(CN2C(=C)N/C(=C/C=C(C)C)C2=C)c1. The van der Waals surface area contributed by atoms with Crippen LogP contribution in [0.3, 0.4) is 0 Å². The van der Waals surface area contributed by atoms with Gasteiger partial charge in [0.1, 0.15) is 5.82 Å². The first-order valence-electron chi connectivity index (χ1n) is 7.41. The van der Waals surface area contributed by atoms with Crippen molar-refractivity contribution in [3.8, 4) is 0 Å². The van der Waals surface area contributed by atoms with Gasteiger partial charge in [-0.05, 0) is 44.0 Å². The van der Waals surface area contributed by atoms with Crippen molar-refractivity contribution in [1.82, 2.24) is 10.2 Å². The minimum Gasteiger partial charge on any atom is -0.340 e. The zero-order valence-corrected chi connectivity index (χ0v) is 13.7. The minimum atomic E-state index is 0.748. The van der Waals surface area contributed by atoms with Crippen molar-refractivity contribution in [3.05, 3.63) is 90.1 Å². The van der Waals surface area contributed by atoms with E-state index in [2.05, 4.69) is 74.1 Å². The highest BCUT2D eigenvalue weighted by molar-refractivity contribution is 5.61. The number of hydrogen-bond acceptors (Lipinski definition) is 2. The number of rotatable bonds is 4. The molecule has 1 aliphatic heterocycles. The highest BCUT2D eigenvalue weighted by Gasteiger charge is 2.23. The molecule has 0 unspecified atom stereocenters. The average molecular weight is 292 g/mol. The number of allylic oxidation sites excluding steroid dienone is 4. The molecule has 0 spiro atoms. The van der Waals surface area contributed by atoms with Crippen molar-refractivity contribution in [2.24, 2.45) is 0 Å². The molecule has 2 rings (SSSR count). The topological polar surface area (TPSA) is 15.3 Å². The van der Waals surface area contributed by atoms with Gasteiger partial charge in [0.05, 0.1) is 11.4 Å². The summed E-state index contributed by atoms with van der Waals surface area (Å²) < 4.78 is 0. The van der Waals surface area contributed by atoms with Crippen LogP contribution in [0.25, 0.3) is 5.57 Å². The largest absolute Gasteiger partial charge is 0.340 e. The Bertz CT molecular complexity index is 685. The summed E-state index contributed by atoms with van der Waals surface area (Å²) in [5.74, 6) is 0.860. The summed E-state index contributed by atoms with van der Waals surface area (Å²) in [5.41, 5.74) is 6.66. The molecule has 1 aromatic carbocycles. The van der Waals surface area contributed by atoms with Crippen molar-refractivity contribution in [3.63, 3.8) is 0 Å². The number of hydrogen-bond donors (Lipinski definition) is 1. The van der Waals surface area contributed by atoms with Gasteiger partial charge >= 0.3 is 0 Å². The Morgan fingerprint density at radius 2 is 1.95 bits per heavy atom. The van der Waals surface area contributed by atoms with Crippen LogP contribution < -0.4 is 5.32 Å². The van der Waals surface area contributed by atoms with Crippen LogP contribution in [0.2, 0.25) is 0 Å². The monoisotopic (exact) mass is 292 g/mol. The van der Waals surface area contributed by atoms with Crippen molar-refractivity contribution >= 4 is 5.57 Å². The van der Waals surface area contributed by atoms with Crippen molar-refractivity contribution in [1.29, 1.82) is 0 Å². The normalized spacial score (nSPS) is 16.0. The predicted molar refractivity (Wildman–Crippen MR) is 95.6 cm³/mol. The van der Waals surface area contributed by atoms with E-state index in [1.165, 1.54) is 16.7 Å². The molecule has 2 heteroatoms. The number of nitrogens with zero attached hydrogens (tertiary/aromatic N) is 1. The smallest absolute Gasteiger partial charge is 0.103 e. The van der Waals surface area contributed by atoms with E-state index in [1.807, 2.05) is 13.0 Å². The third-order valence-electron chi connectivity index (χ3n) is 3.59. The van der Waals surface area contributed by atoms with Crippen LogP contribution in [0.4, 0.5) is 0 Å². The molecule has 1 aliphatic rings. The van der Waals surface area contributed by atoms with E-state index in [1.54, 1.807) is 0 Å². The molecule has 1 heterocycles. The summed E-state index contributed by atoms with van der Waals surface area (Å²) in [6.07, 6.45) is 4.12. The summed E-state index contributed by atoms with van der Waals surface area (Å²) in [7, 11) is 0. The zero-order valence-electron chi connectivity index (χ0n) is 13.7. The maximum absolute atomic E-state index is 4.19. The van der Waals surface area contributed by atoms with E-state index < -0.39 is 0 Å². The van der Waals surface area contributed by atoms with Gasteiger partial charge < -0.3 is 10.2 Å². The highest BCUT2D eigenvalue weighted by Crippen LogP contribution is 2.27. The van der Waals surface area contributed by atoms with Gasteiger partial charge in [0.25, 0.3) is 0 Å². The summed E-state index contributed by atoms with van der Waals surface area (Å²) >= 11 is 0. The second kappa shape index (κ2) is 6.52. The fourth-order valence-corrected chi connectivity index (χ4v) is 2.30. The molecule has 114 valence electrons. The molecule has 0 amide bonds. The molecule has 1 N–H and O–H groups in total. The first-order valence-corrected chi connectivity index (χ1v) is 7.41. The molecule has 0 bridgehead atoms. The van der Waals surface area contributed by atoms with Gasteiger partial charge in [-0.3, -0.25) is 0 Å². The van der Waals surface area contributed by atoms with Crippen LogP contribution in [-0.4, -0.2) is 4.90 Å². The Labute approximate surface area is 133 Å². The third-order valence-corrected chi connectivity index (χ3v) is 3.59. The minimum absolute atomic E-state index is 0.748. The fraction of sp³-hybridized carbons (Fsp3) is 0.200. The lowest BCUT2D eigenvalue weighted by atomic mass is 10.1. The lowest BCUT2D eigenvalue weighted by molar-refractivity contribution is 0.451. The van der Waals surface area contributed by atoms with Crippen molar-refractivity contribution in [2.45, 2.75) is 27.3 Å². The second-order valence-electron chi connectivity index (χ2n) is 5.91. The predicted octanol–water partition coefficient (Wildman–Crippen LogP) is 4.96. The maximum atomic E-state index is 4.19. The summed E-state index contributed by atoms with van der Waals surface area (Å²) in [5, 5.41) is 3.30. The molecule has 2 nitrogen and oxygen atoms in total. The quantitative estimate of drug-likeness (QED) is 0.843. The van der Waals surface area contributed by atoms with Crippen LogP contribution >= 0.6 is 0 Å². The van der Waals surface area contributed by atoms with Crippen molar-refractivity contribution in [2.75, 3.05) is 0 Å². The Hall–Kier alpha value is -2.48. The lowest BCUT2D eigenvalue weighted by Gasteiger charge is -2.19. The van der Waals surface area contributed by atoms with Gasteiger partial charge in [-0.2, -0.15) is 0 Å². The molecular weight excluding hydrogens is 268 g/mol. The maximum Gasteiger partial charge on any atom is 0.103 e. The van der Waals surface area contributed by atoms with E-state index in [9.17, 15) is 0 Å². The summed E-state index contributed by atoms with van der Waals surface area (Å²) in [6.45, 7) is 19.2. The van der Waals surface area contributed by atoms with Gasteiger partial charge in [0.15, 0.2) is 0 Å². The van der Waals surface area contributed by atoms with E-state index >= 15 is 0 Å². The molecular formula is C20H24N2. The van der Waals surface area contributed by atoms with Gasteiger partial charge in [-0.1, -0.05) is 55.2 Å². The second-order valence-corrected chi connectivity index (χ2v) is 5.91. The Morgan fingerprint density at radius 1 is 1.23 bits per heavy atom. The van der Waals surface area contributed by atoms with E-state index in [4.69, 9.17) is 0 Å². The van der Waals surface area contributed by atoms with Crippen LogP contribution in [-0.2, 0) is 6.54 Å². The van der Waals surface area contributed by atoms with Crippen LogP contribution in [0.5, 0.6) is 0 Å². The Morgan fingerprint density at radius 3 is 2.59 bits per heavy atom. The molecule has 0 aromatic heterocycles. The molecule has 0 radical (unpaired) electrons. The van der Waals surface area contributed by atoms with Gasteiger partial charge in [0, 0.05) is 6.54 Å².